The lowest BCUT2D eigenvalue weighted by Crippen LogP contribution is -2.35. The van der Waals surface area contributed by atoms with Crippen LogP contribution < -0.4 is 5.73 Å². The number of likely N-dealkylation sites (tertiary alicyclic amines) is 1. The Labute approximate surface area is 111 Å². The van der Waals surface area contributed by atoms with Gasteiger partial charge in [-0.3, -0.25) is 4.90 Å². The zero-order valence-electron chi connectivity index (χ0n) is 9.33. The summed E-state index contributed by atoms with van der Waals surface area (Å²) in [4.78, 5) is 2.37. The van der Waals surface area contributed by atoms with Gasteiger partial charge in [0.1, 0.15) is 5.82 Å². The maximum atomic E-state index is 13.9. The maximum Gasteiger partial charge on any atom is 0.129 e. The molecule has 0 spiro atoms. The molecule has 2 rings (SSSR count). The fourth-order valence-electron chi connectivity index (χ4n) is 2.28. The molecule has 1 aromatic rings. The van der Waals surface area contributed by atoms with E-state index in [1.54, 1.807) is 12.1 Å². The summed E-state index contributed by atoms with van der Waals surface area (Å²) in [5.74, 6) is -0.345. The summed E-state index contributed by atoms with van der Waals surface area (Å²) in [6.45, 7) is 1.76. The number of benzene rings is 1. The van der Waals surface area contributed by atoms with Crippen molar-refractivity contribution >= 4 is 28.8 Å². The molecule has 17 heavy (non-hydrogen) atoms. The molecular formula is C12H14ClFN2S. The van der Waals surface area contributed by atoms with Crippen LogP contribution in [-0.4, -0.2) is 23.0 Å². The minimum absolute atomic E-state index is 0.277. The van der Waals surface area contributed by atoms with Gasteiger partial charge in [-0.2, -0.15) is 0 Å². The molecule has 0 aromatic heterocycles. The molecule has 0 aliphatic carbocycles. The minimum atomic E-state index is -0.388. The largest absolute Gasteiger partial charge is 0.392 e. The Hall–Kier alpha value is -0.710. The van der Waals surface area contributed by atoms with Crippen LogP contribution in [-0.2, 0) is 0 Å². The van der Waals surface area contributed by atoms with Crippen LogP contribution in [0.4, 0.5) is 4.39 Å². The molecule has 1 atom stereocenters. The molecule has 1 aromatic carbocycles. The minimum Gasteiger partial charge on any atom is -0.392 e. The lowest BCUT2D eigenvalue weighted by molar-refractivity contribution is 0.299. The second kappa shape index (κ2) is 5.29. The Balaban J connectivity index is 2.42. The third-order valence-corrected chi connectivity index (χ3v) is 3.60. The molecule has 1 saturated heterocycles. The van der Waals surface area contributed by atoms with Crippen molar-refractivity contribution in [2.75, 3.05) is 13.1 Å². The molecule has 0 amide bonds. The molecule has 1 unspecified atom stereocenters. The second-order valence-electron chi connectivity index (χ2n) is 4.18. The van der Waals surface area contributed by atoms with Gasteiger partial charge < -0.3 is 5.73 Å². The number of thiocarbonyl (C=S) groups is 1. The first-order valence-electron chi connectivity index (χ1n) is 5.58. The average Bonchev–Trinajstić information content (AvgIpc) is 2.76. The maximum absolute atomic E-state index is 13.9. The van der Waals surface area contributed by atoms with Crippen LogP contribution >= 0.6 is 23.8 Å². The van der Waals surface area contributed by atoms with E-state index in [2.05, 4.69) is 4.90 Å². The smallest absolute Gasteiger partial charge is 0.129 e. The van der Waals surface area contributed by atoms with Crippen LogP contribution in [0.3, 0.4) is 0 Å². The van der Waals surface area contributed by atoms with Gasteiger partial charge in [-0.1, -0.05) is 29.9 Å². The molecule has 5 heteroatoms. The predicted octanol–water partition coefficient (Wildman–Crippen LogP) is 2.90. The zero-order chi connectivity index (χ0) is 12.4. The molecule has 1 aliphatic rings. The van der Waals surface area contributed by atoms with Crippen molar-refractivity contribution in [3.8, 4) is 0 Å². The van der Waals surface area contributed by atoms with Crippen LogP contribution in [0.25, 0.3) is 0 Å². The van der Waals surface area contributed by atoms with E-state index in [4.69, 9.17) is 29.6 Å². The van der Waals surface area contributed by atoms with Crippen molar-refractivity contribution in [2.24, 2.45) is 5.73 Å². The van der Waals surface area contributed by atoms with Gasteiger partial charge in [0.2, 0.25) is 0 Å². The summed E-state index contributed by atoms with van der Waals surface area (Å²) < 4.78 is 13.9. The molecule has 2 nitrogen and oxygen atoms in total. The molecule has 0 saturated carbocycles. The van der Waals surface area contributed by atoms with E-state index in [0.717, 1.165) is 25.9 Å². The predicted molar refractivity (Wildman–Crippen MR) is 71.7 cm³/mol. The summed E-state index contributed by atoms with van der Waals surface area (Å²) in [6.07, 6.45) is 2.18. The third kappa shape index (κ3) is 2.59. The lowest BCUT2D eigenvalue weighted by Gasteiger charge is -2.27. The Morgan fingerprint density at radius 2 is 2.06 bits per heavy atom. The summed E-state index contributed by atoms with van der Waals surface area (Å²) in [5.41, 5.74) is 6.16. The summed E-state index contributed by atoms with van der Waals surface area (Å²) in [7, 11) is 0. The SMILES string of the molecule is NC(=S)C(c1c(F)cccc1Cl)N1CCCC1. The molecule has 2 N–H and O–H groups in total. The standard InChI is InChI=1S/C12H14ClFN2S/c13-8-4-3-5-9(14)10(8)11(12(15)17)16-6-1-2-7-16/h3-5,11H,1-2,6-7H2,(H2,15,17). The van der Waals surface area contributed by atoms with Crippen molar-refractivity contribution in [3.63, 3.8) is 0 Å². The Bertz CT molecular complexity index is 412. The van der Waals surface area contributed by atoms with E-state index in [1.165, 1.54) is 6.07 Å². The number of nitrogens with two attached hydrogens (primary N) is 1. The van der Waals surface area contributed by atoms with Gasteiger partial charge in [0.25, 0.3) is 0 Å². The van der Waals surface area contributed by atoms with E-state index in [0.29, 0.717) is 10.6 Å². The highest BCUT2D eigenvalue weighted by Gasteiger charge is 2.29. The van der Waals surface area contributed by atoms with Gasteiger partial charge in [0.15, 0.2) is 0 Å². The first kappa shape index (κ1) is 12.7. The van der Waals surface area contributed by atoms with Crippen molar-refractivity contribution in [2.45, 2.75) is 18.9 Å². The van der Waals surface area contributed by atoms with E-state index >= 15 is 0 Å². The van der Waals surface area contributed by atoms with E-state index in [1.807, 2.05) is 0 Å². The van der Waals surface area contributed by atoms with Gasteiger partial charge in [0.05, 0.1) is 11.0 Å². The highest BCUT2D eigenvalue weighted by molar-refractivity contribution is 7.80. The van der Waals surface area contributed by atoms with Crippen LogP contribution in [0.5, 0.6) is 0 Å². The van der Waals surface area contributed by atoms with Crippen molar-refractivity contribution in [3.05, 3.63) is 34.6 Å². The molecule has 1 fully saturated rings. The van der Waals surface area contributed by atoms with Gasteiger partial charge in [-0.25, -0.2) is 4.39 Å². The van der Waals surface area contributed by atoms with Crippen LogP contribution in [0.1, 0.15) is 24.4 Å². The number of nitrogens with zero attached hydrogens (tertiary/aromatic N) is 1. The van der Waals surface area contributed by atoms with E-state index < -0.39 is 0 Å². The van der Waals surface area contributed by atoms with Crippen molar-refractivity contribution < 1.29 is 4.39 Å². The highest BCUT2D eigenvalue weighted by atomic mass is 35.5. The molecule has 92 valence electrons. The summed E-state index contributed by atoms with van der Waals surface area (Å²) >= 11 is 11.1. The summed E-state index contributed by atoms with van der Waals surface area (Å²) in [6, 6.07) is 4.26. The molecule has 1 heterocycles. The topological polar surface area (TPSA) is 29.3 Å². The average molecular weight is 273 g/mol. The Morgan fingerprint density at radius 3 is 2.59 bits per heavy atom. The fourth-order valence-corrected chi connectivity index (χ4v) is 2.81. The van der Waals surface area contributed by atoms with Crippen LogP contribution in [0.2, 0.25) is 5.02 Å². The Morgan fingerprint density at radius 1 is 1.41 bits per heavy atom. The van der Waals surface area contributed by atoms with Gasteiger partial charge >= 0.3 is 0 Å². The lowest BCUT2D eigenvalue weighted by atomic mass is 10.0. The second-order valence-corrected chi connectivity index (χ2v) is 5.06. The van der Waals surface area contributed by atoms with Crippen molar-refractivity contribution in [1.29, 1.82) is 0 Å². The molecule has 1 aliphatic heterocycles. The first-order chi connectivity index (χ1) is 8.11. The number of hydrogen-bond donors (Lipinski definition) is 1. The van der Waals surface area contributed by atoms with Gasteiger partial charge in [0, 0.05) is 10.6 Å². The van der Waals surface area contributed by atoms with E-state index in [9.17, 15) is 4.39 Å². The number of rotatable bonds is 3. The van der Waals surface area contributed by atoms with Crippen LogP contribution in [0, 0.1) is 5.82 Å². The third-order valence-electron chi connectivity index (χ3n) is 3.05. The zero-order valence-corrected chi connectivity index (χ0v) is 10.9. The monoisotopic (exact) mass is 272 g/mol. The number of halogens is 2. The Kier molecular flexibility index (Phi) is 3.97. The normalized spacial score (nSPS) is 18.2. The highest BCUT2D eigenvalue weighted by Crippen LogP contribution is 2.32. The van der Waals surface area contributed by atoms with Gasteiger partial charge in [-0.15, -0.1) is 0 Å². The summed E-state index contributed by atoms with van der Waals surface area (Å²) in [5, 5.41) is 0.384. The number of hydrogen-bond acceptors (Lipinski definition) is 2. The quantitative estimate of drug-likeness (QED) is 0.858. The first-order valence-corrected chi connectivity index (χ1v) is 6.37. The fraction of sp³-hybridized carbons (Fsp3) is 0.417. The van der Waals surface area contributed by atoms with Crippen LogP contribution in [0.15, 0.2) is 18.2 Å². The van der Waals surface area contributed by atoms with Crippen molar-refractivity contribution in [1.82, 2.24) is 4.90 Å². The molecule has 0 radical (unpaired) electrons. The van der Waals surface area contributed by atoms with Gasteiger partial charge in [-0.05, 0) is 38.1 Å². The molecule has 0 bridgehead atoms. The van der Waals surface area contributed by atoms with E-state index in [-0.39, 0.29) is 16.8 Å². The molecular weight excluding hydrogens is 259 g/mol.